The van der Waals surface area contributed by atoms with Crippen molar-refractivity contribution in [2.75, 3.05) is 13.6 Å². The van der Waals surface area contributed by atoms with E-state index in [1.54, 1.807) is 37.4 Å². The summed E-state index contributed by atoms with van der Waals surface area (Å²) in [6, 6.07) is 4.32. The highest BCUT2D eigenvalue weighted by molar-refractivity contribution is 5.88. The molecule has 23 heavy (non-hydrogen) atoms. The van der Waals surface area contributed by atoms with Gasteiger partial charge in [-0.1, -0.05) is 30.3 Å². The Hall–Kier alpha value is -2.25. The minimum atomic E-state index is -4.58. The van der Waals surface area contributed by atoms with E-state index in [0.717, 1.165) is 0 Å². The molecule has 2 N–H and O–H groups in total. The fraction of sp³-hybridized carbons (Fsp3) is 0.467. The first-order valence-corrected chi connectivity index (χ1v) is 7.20. The number of halogens is 3. The van der Waals surface area contributed by atoms with Crippen LogP contribution in [0, 0.1) is 0 Å². The molecule has 1 saturated heterocycles. The van der Waals surface area contributed by atoms with E-state index in [-0.39, 0.29) is 12.3 Å². The molecule has 0 unspecified atom stereocenters. The SMILES string of the molecule is CN1CC[C@@H](NC(=O)N[C@H](Cc2ccccc2)C(F)(F)F)C1=O. The van der Waals surface area contributed by atoms with Gasteiger partial charge in [-0.25, -0.2) is 4.79 Å². The van der Waals surface area contributed by atoms with Gasteiger partial charge in [0.05, 0.1) is 0 Å². The zero-order valence-corrected chi connectivity index (χ0v) is 12.6. The minimum Gasteiger partial charge on any atom is -0.344 e. The second-order valence-electron chi connectivity index (χ2n) is 5.50. The average molecular weight is 329 g/mol. The second-order valence-corrected chi connectivity index (χ2v) is 5.50. The van der Waals surface area contributed by atoms with Crippen LogP contribution >= 0.6 is 0 Å². The quantitative estimate of drug-likeness (QED) is 0.883. The average Bonchev–Trinajstić information content (AvgIpc) is 2.79. The monoisotopic (exact) mass is 329 g/mol. The molecule has 0 bridgehead atoms. The van der Waals surface area contributed by atoms with Crippen LogP contribution in [0.3, 0.4) is 0 Å². The van der Waals surface area contributed by atoms with Crippen molar-refractivity contribution in [2.24, 2.45) is 0 Å². The molecule has 8 heteroatoms. The molecule has 5 nitrogen and oxygen atoms in total. The summed E-state index contributed by atoms with van der Waals surface area (Å²) in [7, 11) is 1.58. The zero-order chi connectivity index (χ0) is 17.0. The van der Waals surface area contributed by atoms with E-state index in [0.29, 0.717) is 18.5 Å². The van der Waals surface area contributed by atoms with Gasteiger partial charge in [-0.05, 0) is 12.0 Å². The molecule has 1 fully saturated rings. The maximum atomic E-state index is 13.1. The summed E-state index contributed by atoms with van der Waals surface area (Å²) >= 11 is 0. The Morgan fingerprint density at radius 1 is 1.35 bits per heavy atom. The summed E-state index contributed by atoms with van der Waals surface area (Å²) in [5.41, 5.74) is 0.465. The Kier molecular flexibility index (Phi) is 5.12. The Bertz CT molecular complexity index is 563. The number of hydrogen-bond donors (Lipinski definition) is 2. The lowest BCUT2D eigenvalue weighted by Gasteiger charge is -2.23. The van der Waals surface area contributed by atoms with Crippen LogP contribution in [-0.4, -0.2) is 48.7 Å². The molecule has 1 aliphatic rings. The van der Waals surface area contributed by atoms with Crippen molar-refractivity contribution in [3.8, 4) is 0 Å². The molecule has 1 aromatic rings. The normalized spacial score (nSPS) is 19.6. The summed E-state index contributed by atoms with van der Waals surface area (Å²) in [4.78, 5) is 24.9. The van der Waals surface area contributed by atoms with E-state index in [1.165, 1.54) is 4.90 Å². The Morgan fingerprint density at radius 2 is 2.00 bits per heavy atom. The fourth-order valence-corrected chi connectivity index (χ4v) is 2.41. The fourth-order valence-electron chi connectivity index (χ4n) is 2.41. The number of hydrogen-bond acceptors (Lipinski definition) is 2. The van der Waals surface area contributed by atoms with E-state index in [4.69, 9.17) is 0 Å². The highest BCUT2D eigenvalue weighted by atomic mass is 19.4. The van der Waals surface area contributed by atoms with E-state index >= 15 is 0 Å². The van der Waals surface area contributed by atoms with E-state index in [1.807, 2.05) is 5.32 Å². The third-order valence-electron chi connectivity index (χ3n) is 3.72. The molecule has 2 atom stereocenters. The molecule has 0 spiro atoms. The van der Waals surface area contributed by atoms with Gasteiger partial charge in [0.25, 0.3) is 0 Å². The first kappa shape index (κ1) is 17.1. The topological polar surface area (TPSA) is 61.4 Å². The number of likely N-dealkylation sites (N-methyl/N-ethyl adjacent to an activating group) is 1. The Balaban J connectivity index is 1.98. The van der Waals surface area contributed by atoms with Crippen molar-refractivity contribution >= 4 is 11.9 Å². The standard InChI is InChI=1S/C15H18F3N3O2/c1-21-8-7-11(13(21)22)19-14(23)20-12(15(16,17)18)9-10-5-3-2-4-6-10/h2-6,11-12H,7-9H2,1H3,(H2,19,20,23)/t11-,12-/m1/s1. The van der Waals surface area contributed by atoms with Crippen LogP contribution < -0.4 is 10.6 Å². The van der Waals surface area contributed by atoms with Gasteiger partial charge >= 0.3 is 12.2 Å². The smallest absolute Gasteiger partial charge is 0.344 e. The highest BCUT2D eigenvalue weighted by Crippen LogP contribution is 2.23. The number of benzene rings is 1. The van der Waals surface area contributed by atoms with Gasteiger partial charge < -0.3 is 15.5 Å². The molecule has 126 valence electrons. The molecule has 1 aromatic carbocycles. The maximum Gasteiger partial charge on any atom is 0.408 e. The van der Waals surface area contributed by atoms with Crippen LogP contribution in [0.15, 0.2) is 30.3 Å². The van der Waals surface area contributed by atoms with Crippen LogP contribution in [0.2, 0.25) is 0 Å². The van der Waals surface area contributed by atoms with Crippen molar-refractivity contribution in [3.63, 3.8) is 0 Å². The molecule has 1 heterocycles. The Labute approximate surface area is 131 Å². The van der Waals surface area contributed by atoms with Crippen molar-refractivity contribution in [3.05, 3.63) is 35.9 Å². The number of amides is 3. The van der Waals surface area contributed by atoms with Crippen molar-refractivity contribution in [1.29, 1.82) is 0 Å². The number of likely N-dealkylation sites (tertiary alicyclic amines) is 1. The van der Waals surface area contributed by atoms with Gasteiger partial charge in [0.2, 0.25) is 5.91 Å². The molecule has 2 rings (SSSR count). The zero-order valence-electron chi connectivity index (χ0n) is 12.6. The first-order chi connectivity index (χ1) is 10.8. The number of carbonyl (C=O) groups excluding carboxylic acids is 2. The summed E-state index contributed by atoms with van der Waals surface area (Å²) in [5, 5.41) is 4.23. The highest BCUT2D eigenvalue weighted by Gasteiger charge is 2.41. The predicted octanol–water partition coefficient (Wildman–Crippen LogP) is 1.69. The lowest BCUT2D eigenvalue weighted by atomic mass is 10.1. The van der Waals surface area contributed by atoms with Crippen LogP contribution in [0.1, 0.15) is 12.0 Å². The minimum absolute atomic E-state index is 0.299. The van der Waals surface area contributed by atoms with Gasteiger partial charge in [0.15, 0.2) is 0 Å². The van der Waals surface area contributed by atoms with Crippen LogP contribution in [0.4, 0.5) is 18.0 Å². The number of urea groups is 1. The molecule has 0 aromatic heterocycles. The van der Waals surface area contributed by atoms with Crippen LogP contribution in [0.5, 0.6) is 0 Å². The van der Waals surface area contributed by atoms with E-state index in [2.05, 4.69) is 5.32 Å². The maximum absolute atomic E-state index is 13.1. The molecule has 0 saturated carbocycles. The summed E-state index contributed by atoms with van der Waals surface area (Å²) < 4.78 is 39.3. The van der Waals surface area contributed by atoms with Crippen molar-refractivity contribution in [1.82, 2.24) is 15.5 Å². The predicted molar refractivity (Wildman–Crippen MR) is 77.7 cm³/mol. The third kappa shape index (κ3) is 4.61. The van der Waals surface area contributed by atoms with E-state index < -0.39 is 24.3 Å². The number of nitrogens with one attached hydrogen (secondary N) is 2. The second kappa shape index (κ2) is 6.89. The van der Waals surface area contributed by atoms with Crippen molar-refractivity contribution < 1.29 is 22.8 Å². The van der Waals surface area contributed by atoms with Gasteiger partial charge in [-0.2, -0.15) is 13.2 Å². The van der Waals surface area contributed by atoms with Crippen LogP contribution in [-0.2, 0) is 11.2 Å². The molecular weight excluding hydrogens is 311 g/mol. The lowest BCUT2D eigenvalue weighted by molar-refractivity contribution is -0.152. The summed E-state index contributed by atoms with van der Waals surface area (Å²) in [6.45, 7) is 0.469. The molecule has 0 aliphatic carbocycles. The first-order valence-electron chi connectivity index (χ1n) is 7.20. The van der Waals surface area contributed by atoms with Gasteiger partial charge in [0, 0.05) is 20.0 Å². The number of rotatable bonds is 4. The van der Waals surface area contributed by atoms with Gasteiger partial charge in [0.1, 0.15) is 12.1 Å². The van der Waals surface area contributed by atoms with Gasteiger partial charge in [-0.3, -0.25) is 4.79 Å². The number of alkyl halides is 3. The summed E-state index contributed by atoms with van der Waals surface area (Å²) in [6.07, 6.45) is -4.56. The largest absolute Gasteiger partial charge is 0.408 e. The number of carbonyl (C=O) groups is 2. The summed E-state index contributed by atoms with van der Waals surface area (Å²) in [5.74, 6) is -0.299. The van der Waals surface area contributed by atoms with Crippen LogP contribution in [0.25, 0.3) is 0 Å². The Morgan fingerprint density at radius 3 is 2.52 bits per heavy atom. The molecule has 0 radical (unpaired) electrons. The third-order valence-corrected chi connectivity index (χ3v) is 3.72. The number of nitrogens with zero attached hydrogens (tertiary/aromatic N) is 1. The van der Waals surface area contributed by atoms with Gasteiger partial charge in [-0.15, -0.1) is 0 Å². The molecular formula is C15H18F3N3O2. The lowest BCUT2D eigenvalue weighted by Crippen LogP contribution is -2.53. The van der Waals surface area contributed by atoms with E-state index in [9.17, 15) is 22.8 Å². The molecule has 1 aliphatic heterocycles. The van der Waals surface area contributed by atoms with Crippen molar-refractivity contribution in [2.45, 2.75) is 31.1 Å². The molecule has 3 amide bonds.